The molecule has 1 aromatic rings. The van der Waals surface area contributed by atoms with Gasteiger partial charge in [0.1, 0.15) is 11.5 Å². The molecule has 82 valence electrons. The van der Waals surface area contributed by atoms with Gasteiger partial charge in [0.05, 0.1) is 6.61 Å². The minimum absolute atomic E-state index is 0.152. The first kappa shape index (κ1) is 11.5. The molecule has 1 rings (SSSR count). The van der Waals surface area contributed by atoms with E-state index in [2.05, 4.69) is 5.32 Å². The molecule has 4 nitrogen and oxygen atoms in total. The maximum atomic E-state index is 11.2. The molecule has 1 aromatic heterocycles. The quantitative estimate of drug-likeness (QED) is 0.588. The first-order valence-corrected chi connectivity index (χ1v) is 4.73. The molecule has 1 amide bonds. The molecule has 15 heavy (non-hydrogen) atoms. The van der Waals surface area contributed by atoms with Gasteiger partial charge in [0.25, 0.3) is 0 Å². The van der Waals surface area contributed by atoms with Crippen LogP contribution in [0.3, 0.4) is 0 Å². The lowest BCUT2D eigenvalue weighted by molar-refractivity contribution is -0.116. The van der Waals surface area contributed by atoms with Crippen molar-refractivity contribution in [3.05, 3.63) is 29.7 Å². The highest BCUT2D eigenvalue weighted by Crippen LogP contribution is 2.07. The smallest absolute Gasteiger partial charge is 0.244 e. The number of nitrogens with one attached hydrogen (secondary N) is 1. The Morgan fingerprint density at radius 3 is 3.00 bits per heavy atom. The largest absolute Gasteiger partial charge is 0.462 e. The molecule has 0 aliphatic rings. The Bertz CT molecular complexity index is 341. The molecule has 0 unspecified atom stereocenters. The summed E-state index contributed by atoms with van der Waals surface area (Å²) in [6.45, 7) is 2.88. The number of hydrogen-bond acceptors (Lipinski definition) is 3. The third-order valence-electron chi connectivity index (χ3n) is 1.77. The van der Waals surface area contributed by atoms with Crippen LogP contribution in [0.4, 0.5) is 0 Å². The second-order valence-electron chi connectivity index (χ2n) is 3.07. The third-order valence-corrected chi connectivity index (χ3v) is 1.77. The standard InChI is InChI=1S/C11H15NO3/c1-9-3-4-10(15-9)5-6-11(13)12-7-8-14-2/h3-6H,7-8H2,1-2H3,(H,12,13)/b6-5+. The SMILES string of the molecule is COCCNC(=O)/C=C/c1ccc(C)o1. The van der Waals surface area contributed by atoms with E-state index in [4.69, 9.17) is 9.15 Å². The van der Waals surface area contributed by atoms with E-state index in [1.165, 1.54) is 6.08 Å². The van der Waals surface area contributed by atoms with E-state index in [9.17, 15) is 4.79 Å². The topological polar surface area (TPSA) is 51.5 Å². The summed E-state index contributed by atoms with van der Waals surface area (Å²) in [6.07, 6.45) is 3.07. The number of methoxy groups -OCH3 is 1. The number of amides is 1. The van der Waals surface area contributed by atoms with Crippen LogP contribution in [-0.4, -0.2) is 26.2 Å². The number of furan rings is 1. The lowest BCUT2D eigenvalue weighted by Gasteiger charge is -1.99. The van der Waals surface area contributed by atoms with E-state index in [1.54, 1.807) is 13.2 Å². The van der Waals surface area contributed by atoms with Gasteiger partial charge in [-0.1, -0.05) is 0 Å². The molecule has 0 bridgehead atoms. The van der Waals surface area contributed by atoms with Crippen LogP contribution in [0.2, 0.25) is 0 Å². The summed E-state index contributed by atoms with van der Waals surface area (Å²) in [6, 6.07) is 3.66. The van der Waals surface area contributed by atoms with Crippen molar-refractivity contribution in [2.75, 3.05) is 20.3 Å². The van der Waals surface area contributed by atoms with Crippen LogP contribution in [0.25, 0.3) is 6.08 Å². The molecule has 1 N–H and O–H groups in total. The number of ether oxygens (including phenoxy) is 1. The van der Waals surface area contributed by atoms with E-state index in [0.717, 1.165) is 5.76 Å². The van der Waals surface area contributed by atoms with Crippen LogP contribution in [0, 0.1) is 6.92 Å². The van der Waals surface area contributed by atoms with Gasteiger partial charge in [-0.05, 0) is 25.1 Å². The van der Waals surface area contributed by atoms with E-state index in [1.807, 2.05) is 19.1 Å². The monoisotopic (exact) mass is 209 g/mol. The number of carbonyl (C=O) groups is 1. The lowest BCUT2D eigenvalue weighted by atomic mass is 10.4. The van der Waals surface area contributed by atoms with Crippen molar-refractivity contribution >= 4 is 12.0 Å². The van der Waals surface area contributed by atoms with Gasteiger partial charge in [0, 0.05) is 19.7 Å². The molecule has 0 spiro atoms. The molecule has 0 saturated carbocycles. The van der Waals surface area contributed by atoms with Gasteiger partial charge in [-0.25, -0.2) is 0 Å². The summed E-state index contributed by atoms with van der Waals surface area (Å²) in [5.74, 6) is 1.35. The molecule has 0 aliphatic carbocycles. The van der Waals surface area contributed by atoms with Crippen molar-refractivity contribution in [1.29, 1.82) is 0 Å². The average Bonchev–Trinajstić information content (AvgIpc) is 2.62. The molecular formula is C11H15NO3. The maximum Gasteiger partial charge on any atom is 0.244 e. The summed E-state index contributed by atoms with van der Waals surface area (Å²) in [4.78, 5) is 11.2. The molecule has 0 fully saturated rings. The van der Waals surface area contributed by atoms with Crippen molar-refractivity contribution in [2.45, 2.75) is 6.92 Å². The highest BCUT2D eigenvalue weighted by molar-refractivity contribution is 5.91. The van der Waals surface area contributed by atoms with Gasteiger partial charge in [0.2, 0.25) is 5.91 Å². The minimum Gasteiger partial charge on any atom is -0.462 e. The fourth-order valence-electron chi connectivity index (χ4n) is 1.04. The van der Waals surface area contributed by atoms with Gasteiger partial charge in [-0.15, -0.1) is 0 Å². The van der Waals surface area contributed by atoms with Crippen LogP contribution in [0.5, 0.6) is 0 Å². The Kier molecular flexibility index (Phi) is 4.63. The van der Waals surface area contributed by atoms with Gasteiger partial charge in [0.15, 0.2) is 0 Å². The van der Waals surface area contributed by atoms with Crippen molar-refractivity contribution in [3.8, 4) is 0 Å². The van der Waals surface area contributed by atoms with Crippen LogP contribution < -0.4 is 5.32 Å². The van der Waals surface area contributed by atoms with Crippen LogP contribution in [0.15, 0.2) is 22.6 Å². The van der Waals surface area contributed by atoms with Gasteiger partial charge in [-0.3, -0.25) is 4.79 Å². The Morgan fingerprint density at radius 1 is 1.60 bits per heavy atom. The van der Waals surface area contributed by atoms with Gasteiger partial charge in [-0.2, -0.15) is 0 Å². The van der Waals surface area contributed by atoms with Crippen LogP contribution in [-0.2, 0) is 9.53 Å². The van der Waals surface area contributed by atoms with E-state index in [0.29, 0.717) is 18.9 Å². The summed E-state index contributed by atoms with van der Waals surface area (Å²) in [5, 5.41) is 2.67. The van der Waals surface area contributed by atoms with Crippen molar-refractivity contribution in [1.82, 2.24) is 5.32 Å². The molecule has 0 radical (unpaired) electrons. The summed E-state index contributed by atoms with van der Waals surface area (Å²) >= 11 is 0. The second kappa shape index (κ2) is 6.03. The van der Waals surface area contributed by atoms with Gasteiger partial charge >= 0.3 is 0 Å². The zero-order valence-electron chi connectivity index (χ0n) is 8.95. The normalized spacial score (nSPS) is 10.8. The molecule has 0 atom stereocenters. The second-order valence-corrected chi connectivity index (χ2v) is 3.07. The Morgan fingerprint density at radius 2 is 2.40 bits per heavy atom. The van der Waals surface area contributed by atoms with Crippen LogP contribution in [0.1, 0.15) is 11.5 Å². The predicted molar refractivity (Wildman–Crippen MR) is 57.4 cm³/mol. The Hall–Kier alpha value is -1.55. The highest BCUT2D eigenvalue weighted by Gasteiger charge is 1.96. The molecule has 4 heteroatoms. The van der Waals surface area contributed by atoms with E-state index in [-0.39, 0.29) is 5.91 Å². The van der Waals surface area contributed by atoms with Gasteiger partial charge < -0.3 is 14.5 Å². The number of carbonyl (C=O) groups excluding carboxylic acids is 1. The van der Waals surface area contributed by atoms with Crippen molar-refractivity contribution in [3.63, 3.8) is 0 Å². The fourth-order valence-corrected chi connectivity index (χ4v) is 1.04. The zero-order valence-corrected chi connectivity index (χ0v) is 8.95. The highest BCUT2D eigenvalue weighted by atomic mass is 16.5. The molecule has 0 aromatic carbocycles. The first-order valence-electron chi connectivity index (χ1n) is 4.73. The average molecular weight is 209 g/mol. The third kappa shape index (κ3) is 4.46. The molecule has 0 saturated heterocycles. The molecule has 1 heterocycles. The van der Waals surface area contributed by atoms with Crippen molar-refractivity contribution in [2.24, 2.45) is 0 Å². The van der Waals surface area contributed by atoms with E-state index >= 15 is 0 Å². The minimum atomic E-state index is -0.152. The van der Waals surface area contributed by atoms with Crippen LogP contribution >= 0.6 is 0 Å². The molecular weight excluding hydrogens is 194 g/mol. The fraction of sp³-hybridized carbons (Fsp3) is 0.364. The maximum absolute atomic E-state index is 11.2. The van der Waals surface area contributed by atoms with E-state index < -0.39 is 0 Å². The first-order chi connectivity index (χ1) is 7.22. The summed E-state index contributed by atoms with van der Waals surface area (Å²) < 4.78 is 10.1. The Labute approximate surface area is 88.9 Å². The zero-order chi connectivity index (χ0) is 11.1. The van der Waals surface area contributed by atoms with Crippen molar-refractivity contribution < 1.29 is 13.9 Å². The Balaban J connectivity index is 2.34. The predicted octanol–water partition coefficient (Wildman–Crippen LogP) is 1.36. The summed E-state index contributed by atoms with van der Waals surface area (Å²) in [7, 11) is 1.59. The number of hydrogen-bond donors (Lipinski definition) is 1. The number of aryl methyl sites for hydroxylation is 1. The number of rotatable bonds is 5. The lowest BCUT2D eigenvalue weighted by Crippen LogP contribution is -2.24. The summed E-state index contributed by atoms with van der Waals surface area (Å²) in [5.41, 5.74) is 0. The molecule has 0 aliphatic heterocycles.